The average molecular weight is 291 g/mol. The summed E-state index contributed by atoms with van der Waals surface area (Å²) >= 11 is 0. The minimum absolute atomic E-state index is 0.134. The molecule has 0 saturated heterocycles. The third-order valence-electron chi connectivity index (χ3n) is 2.22. The maximum absolute atomic E-state index is 13.1. The predicted octanol–water partition coefficient (Wildman–Crippen LogP) is 0.0899. The van der Waals surface area contributed by atoms with Crippen LogP contribution < -0.4 is 16.2 Å². The molecule has 0 saturated carbocycles. The molecule has 106 valence electrons. The molecule has 0 spiro atoms. The first kappa shape index (κ1) is 15.2. The fourth-order valence-corrected chi connectivity index (χ4v) is 2.64. The molecule has 0 aliphatic carbocycles. The lowest BCUT2D eigenvalue weighted by atomic mass is 10.2. The van der Waals surface area contributed by atoms with Crippen LogP contribution in [0.25, 0.3) is 0 Å². The number of hydrogen-bond acceptors (Lipinski definition) is 5. The molecular weight excluding hydrogens is 277 g/mol. The topological polar surface area (TPSA) is 125 Å². The van der Waals surface area contributed by atoms with Crippen LogP contribution in [0.5, 0.6) is 0 Å². The smallest absolute Gasteiger partial charge is 0.404 e. The first-order valence-electron chi connectivity index (χ1n) is 5.21. The first-order chi connectivity index (χ1) is 8.74. The maximum Gasteiger partial charge on any atom is 0.404 e. The van der Waals surface area contributed by atoms with Crippen molar-refractivity contribution in [2.45, 2.75) is 11.8 Å². The summed E-state index contributed by atoms with van der Waals surface area (Å²) in [5.74, 6) is -0.687. The van der Waals surface area contributed by atoms with Crippen molar-refractivity contribution in [1.82, 2.24) is 4.72 Å². The minimum atomic E-state index is -3.86. The van der Waals surface area contributed by atoms with Crippen LogP contribution in [0.1, 0.15) is 5.56 Å². The fraction of sp³-hybridized carbons (Fsp3) is 0.300. The van der Waals surface area contributed by atoms with Gasteiger partial charge < -0.3 is 16.2 Å². The van der Waals surface area contributed by atoms with Gasteiger partial charge in [0.1, 0.15) is 12.4 Å². The molecule has 9 heteroatoms. The van der Waals surface area contributed by atoms with Crippen LogP contribution in [0.4, 0.5) is 14.9 Å². The van der Waals surface area contributed by atoms with Crippen LogP contribution >= 0.6 is 0 Å². The van der Waals surface area contributed by atoms with Gasteiger partial charge in [-0.15, -0.1) is 0 Å². The summed E-state index contributed by atoms with van der Waals surface area (Å²) in [6.07, 6.45) is -0.999. The number of anilines is 1. The van der Waals surface area contributed by atoms with Crippen LogP contribution in [0.15, 0.2) is 17.0 Å². The molecule has 0 atom stereocenters. The van der Waals surface area contributed by atoms with Crippen molar-refractivity contribution in [3.05, 3.63) is 23.5 Å². The van der Waals surface area contributed by atoms with Crippen molar-refractivity contribution in [3.8, 4) is 0 Å². The predicted molar refractivity (Wildman–Crippen MR) is 66.3 cm³/mol. The molecule has 19 heavy (non-hydrogen) atoms. The quantitative estimate of drug-likeness (QED) is 0.524. The second kappa shape index (κ2) is 5.85. The molecule has 0 bridgehead atoms. The minimum Gasteiger partial charge on any atom is -0.448 e. The lowest BCUT2D eigenvalue weighted by Gasteiger charge is -2.10. The van der Waals surface area contributed by atoms with Crippen molar-refractivity contribution in [2.75, 3.05) is 18.9 Å². The Kier molecular flexibility index (Phi) is 4.67. The monoisotopic (exact) mass is 291 g/mol. The van der Waals surface area contributed by atoms with Gasteiger partial charge in [-0.3, -0.25) is 0 Å². The van der Waals surface area contributed by atoms with Gasteiger partial charge in [-0.05, 0) is 24.6 Å². The SMILES string of the molecule is Cc1cc(F)c(N)cc1S(=O)(=O)NCCOC(N)=O. The molecule has 1 aromatic carbocycles. The van der Waals surface area contributed by atoms with Crippen molar-refractivity contribution >= 4 is 21.8 Å². The number of benzene rings is 1. The van der Waals surface area contributed by atoms with Gasteiger partial charge in [0.15, 0.2) is 0 Å². The van der Waals surface area contributed by atoms with Gasteiger partial charge >= 0.3 is 6.09 Å². The third-order valence-corrected chi connectivity index (χ3v) is 3.83. The van der Waals surface area contributed by atoms with Crippen LogP contribution in [0, 0.1) is 12.7 Å². The molecule has 5 N–H and O–H groups in total. The number of amides is 1. The molecule has 0 unspecified atom stereocenters. The summed E-state index contributed by atoms with van der Waals surface area (Å²) in [6, 6.07) is 2.06. The lowest BCUT2D eigenvalue weighted by molar-refractivity contribution is 0.159. The molecule has 0 aliphatic heterocycles. The maximum atomic E-state index is 13.1. The Morgan fingerprint density at radius 2 is 2.11 bits per heavy atom. The number of nitrogen functional groups attached to an aromatic ring is 1. The highest BCUT2D eigenvalue weighted by Gasteiger charge is 2.18. The Morgan fingerprint density at radius 3 is 2.68 bits per heavy atom. The largest absolute Gasteiger partial charge is 0.448 e. The second-order valence-electron chi connectivity index (χ2n) is 3.70. The van der Waals surface area contributed by atoms with Gasteiger partial charge in [0.05, 0.1) is 10.6 Å². The Balaban J connectivity index is 2.83. The number of ether oxygens (including phenoxy) is 1. The van der Waals surface area contributed by atoms with Gasteiger partial charge in [-0.25, -0.2) is 22.3 Å². The molecule has 0 aromatic heterocycles. The normalized spacial score (nSPS) is 11.3. The van der Waals surface area contributed by atoms with Gasteiger partial charge in [-0.2, -0.15) is 0 Å². The zero-order chi connectivity index (χ0) is 14.6. The number of rotatable bonds is 5. The van der Waals surface area contributed by atoms with Crippen molar-refractivity contribution in [1.29, 1.82) is 0 Å². The highest BCUT2D eigenvalue weighted by molar-refractivity contribution is 7.89. The third kappa shape index (κ3) is 4.07. The number of nitrogens with two attached hydrogens (primary N) is 2. The number of aryl methyl sites for hydroxylation is 1. The van der Waals surface area contributed by atoms with Crippen molar-refractivity contribution in [3.63, 3.8) is 0 Å². The summed E-state index contributed by atoms with van der Waals surface area (Å²) in [4.78, 5) is 10.2. The molecule has 0 aliphatic rings. The van der Waals surface area contributed by atoms with E-state index in [1.54, 1.807) is 0 Å². The van der Waals surface area contributed by atoms with Gasteiger partial charge in [-0.1, -0.05) is 0 Å². The van der Waals surface area contributed by atoms with E-state index in [-0.39, 0.29) is 29.3 Å². The number of halogens is 1. The number of sulfonamides is 1. The number of nitrogens with one attached hydrogen (secondary N) is 1. The van der Waals surface area contributed by atoms with E-state index in [2.05, 4.69) is 9.46 Å². The second-order valence-corrected chi connectivity index (χ2v) is 5.44. The number of carbonyl (C=O) groups excluding carboxylic acids is 1. The lowest BCUT2D eigenvalue weighted by Crippen LogP contribution is -2.29. The molecule has 1 rings (SSSR count). The van der Waals surface area contributed by atoms with Crippen molar-refractivity contribution in [2.24, 2.45) is 5.73 Å². The zero-order valence-corrected chi connectivity index (χ0v) is 11.0. The molecular formula is C10H14FN3O4S. The summed E-state index contributed by atoms with van der Waals surface area (Å²) < 4.78 is 43.5. The van der Waals surface area contributed by atoms with Crippen molar-refractivity contribution < 1.29 is 22.3 Å². The van der Waals surface area contributed by atoms with Gasteiger partial charge in [0.2, 0.25) is 10.0 Å². The Labute approximate surface area is 109 Å². The van der Waals surface area contributed by atoms with Crippen LogP contribution in [-0.4, -0.2) is 27.7 Å². The summed E-state index contributed by atoms with van der Waals surface area (Å²) in [5, 5.41) is 0. The molecule has 0 fully saturated rings. The summed E-state index contributed by atoms with van der Waals surface area (Å²) in [7, 11) is -3.86. The highest BCUT2D eigenvalue weighted by Crippen LogP contribution is 2.21. The van der Waals surface area contributed by atoms with E-state index < -0.39 is 21.9 Å². The molecule has 0 heterocycles. The van der Waals surface area contributed by atoms with E-state index in [0.717, 1.165) is 12.1 Å². The molecule has 1 amide bonds. The van der Waals surface area contributed by atoms with E-state index in [0.29, 0.717) is 0 Å². The fourth-order valence-electron chi connectivity index (χ4n) is 1.36. The Hall–Kier alpha value is -1.87. The van der Waals surface area contributed by atoms with E-state index in [1.165, 1.54) is 6.92 Å². The molecule has 0 radical (unpaired) electrons. The first-order valence-corrected chi connectivity index (χ1v) is 6.70. The van der Waals surface area contributed by atoms with E-state index in [1.807, 2.05) is 0 Å². The summed E-state index contributed by atoms with van der Waals surface area (Å²) in [6.45, 7) is 1.09. The standard InChI is InChI=1S/C10H14FN3O4S/c1-6-4-7(11)8(12)5-9(6)19(16,17)14-2-3-18-10(13)15/h4-5,14H,2-3,12H2,1H3,(H2,13,15). The van der Waals surface area contributed by atoms with Crippen LogP contribution in [0.2, 0.25) is 0 Å². The summed E-state index contributed by atoms with van der Waals surface area (Å²) in [5.41, 5.74) is 10.00. The number of carbonyl (C=O) groups is 1. The highest BCUT2D eigenvalue weighted by atomic mass is 32.2. The van der Waals surface area contributed by atoms with E-state index >= 15 is 0 Å². The van der Waals surface area contributed by atoms with Gasteiger partial charge in [0.25, 0.3) is 0 Å². The molecule has 1 aromatic rings. The average Bonchev–Trinajstić information content (AvgIpc) is 2.29. The Morgan fingerprint density at radius 1 is 1.47 bits per heavy atom. The van der Waals surface area contributed by atoms with Crippen LogP contribution in [-0.2, 0) is 14.8 Å². The Bertz CT molecular complexity index is 589. The zero-order valence-electron chi connectivity index (χ0n) is 10.1. The molecule has 7 nitrogen and oxygen atoms in total. The van der Waals surface area contributed by atoms with E-state index in [4.69, 9.17) is 11.5 Å². The van der Waals surface area contributed by atoms with Crippen LogP contribution in [0.3, 0.4) is 0 Å². The van der Waals surface area contributed by atoms with E-state index in [9.17, 15) is 17.6 Å². The number of primary amides is 1. The number of hydrogen-bond donors (Lipinski definition) is 3. The van der Waals surface area contributed by atoms with Gasteiger partial charge in [0, 0.05) is 6.54 Å².